The van der Waals surface area contributed by atoms with Gasteiger partial charge in [0.05, 0.1) is 0 Å². The topological polar surface area (TPSA) is 68.2 Å². The number of isocyanates is 1. The van der Waals surface area contributed by atoms with Crippen LogP contribution in [0.3, 0.4) is 0 Å². The van der Waals surface area contributed by atoms with Gasteiger partial charge in [0.25, 0.3) is 0 Å². The van der Waals surface area contributed by atoms with Crippen LogP contribution in [0.1, 0.15) is 33.6 Å². The lowest BCUT2D eigenvalue weighted by molar-refractivity contribution is 0.0127. The summed E-state index contributed by atoms with van der Waals surface area (Å²) in [5.74, 6) is -0.174. The first-order chi connectivity index (χ1) is 11.3. The molecule has 0 atom stereocenters. The fourth-order valence-corrected chi connectivity index (χ4v) is 2.39. The highest BCUT2D eigenvalue weighted by atomic mass is 19.1. The summed E-state index contributed by atoms with van der Waals surface area (Å²) in [5, 5.41) is 0. The third kappa shape index (κ3) is 5.06. The molecule has 0 spiro atoms. The fourth-order valence-electron chi connectivity index (χ4n) is 2.39. The molecule has 24 heavy (non-hydrogen) atoms. The second-order valence-electron chi connectivity index (χ2n) is 6.60. The van der Waals surface area contributed by atoms with Crippen LogP contribution in [0.25, 0.3) is 0 Å². The summed E-state index contributed by atoms with van der Waals surface area (Å²) in [6.45, 7) is 6.49. The van der Waals surface area contributed by atoms with E-state index in [4.69, 9.17) is 9.47 Å². The van der Waals surface area contributed by atoms with Crippen LogP contribution < -0.4 is 4.74 Å². The number of ether oxygens (including phenoxy) is 2. The Morgan fingerprint density at radius 3 is 2.58 bits per heavy atom. The minimum Gasteiger partial charge on any atom is -0.488 e. The standard InChI is InChI=1S/C17H21FN2O4/c1-17(2,3)24-16(22)20-8-6-13(7-9-20)23-15-5-4-12(18)10-14(15)19-11-21/h4-5,10,13H,6-9H2,1-3H3. The lowest BCUT2D eigenvalue weighted by Gasteiger charge is -2.33. The summed E-state index contributed by atoms with van der Waals surface area (Å²) < 4.78 is 24.4. The molecular weight excluding hydrogens is 315 g/mol. The molecule has 1 fully saturated rings. The summed E-state index contributed by atoms with van der Waals surface area (Å²) >= 11 is 0. The number of nitrogens with zero attached hydrogens (tertiary/aromatic N) is 2. The number of aliphatic imine (C=N–C) groups is 1. The van der Waals surface area contributed by atoms with E-state index in [0.717, 1.165) is 6.07 Å². The zero-order valence-corrected chi connectivity index (χ0v) is 14.0. The molecule has 1 aromatic carbocycles. The quantitative estimate of drug-likeness (QED) is 0.625. The molecule has 6 nitrogen and oxygen atoms in total. The first-order valence-electron chi connectivity index (χ1n) is 7.80. The molecule has 0 aliphatic carbocycles. The average molecular weight is 336 g/mol. The number of likely N-dealkylation sites (tertiary alicyclic amines) is 1. The van der Waals surface area contributed by atoms with E-state index in [9.17, 15) is 14.0 Å². The summed E-state index contributed by atoms with van der Waals surface area (Å²) in [6, 6.07) is 3.80. The molecule has 0 bridgehead atoms. The van der Waals surface area contributed by atoms with Gasteiger partial charge >= 0.3 is 6.09 Å². The monoisotopic (exact) mass is 336 g/mol. The Morgan fingerprint density at radius 2 is 2.00 bits per heavy atom. The minimum absolute atomic E-state index is 0.111. The van der Waals surface area contributed by atoms with Crippen molar-refractivity contribution in [2.24, 2.45) is 4.99 Å². The van der Waals surface area contributed by atoms with Crippen molar-refractivity contribution in [2.75, 3.05) is 13.1 Å². The van der Waals surface area contributed by atoms with Gasteiger partial charge in [-0.1, -0.05) is 0 Å². The summed E-state index contributed by atoms with van der Waals surface area (Å²) in [4.78, 5) is 27.6. The lowest BCUT2D eigenvalue weighted by atomic mass is 10.1. The number of carbonyl (C=O) groups excluding carboxylic acids is 2. The van der Waals surface area contributed by atoms with Crippen molar-refractivity contribution >= 4 is 17.9 Å². The normalized spacial score (nSPS) is 15.6. The highest BCUT2D eigenvalue weighted by molar-refractivity contribution is 5.68. The number of amides is 1. The first-order valence-corrected chi connectivity index (χ1v) is 7.80. The van der Waals surface area contributed by atoms with Crippen LogP contribution in [0.5, 0.6) is 5.75 Å². The van der Waals surface area contributed by atoms with Crippen molar-refractivity contribution < 1.29 is 23.5 Å². The Balaban J connectivity index is 1.94. The molecule has 0 saturated carbocycles. The van der Waals surface area contributed by atoms with Crippen LogP contribution in [0, 0.1) is 5.82 Å². The number of halogens is 1. The van der Waals surface area contributed by atoms with Crippen LogP contribution in [0.2, 0.25) is 0 Å². The predicted molar refractivity (Wildman–Crippen MR) is 85.6 cm³/mol. The van der Waals surface area contributed by atoms with Gasteiger partial charge in [-0.05, 0) is 32.9 Å². The van der Waals surface area contributed by atoms with E-state index in [0.29, 0.717) is 31.7 Å². The van der Waals surface area contributed by atoms with Gasteiger partial charge in [-0.2, -0.15) is 4.99 Å². The van der Waals surface area contributed by atoms with Crippen molar-refractivity contribution in [3.8, 4) is 5.75 Å². The number of rotatable bonds is 3. The second-order valence-corrected chi connectivity index (χ2v) is 6.60. The maximum absolute atomic E-state index is 13.2. The van der Waals surface area contributed by atoms with Crippen LogP contribution in [-0.2, 0) is 9.53 Å². The molecule has 1 saturated heterocycles. The van der Waals surface area contributed by atoms with Crippen LogP contribution in [0.15, 0.2) is 23.2 Å². The molecule has 0 N–H and O–H groups in total. The Kier molecular flexibility index (Phi) is 5.57. The van der Waals surface area contributed by atoms with E-state index >= 15 is 0 Å². The molecule has 2 rings (SSSR count). The van der Waals surface area contributed by atoms with E-state index in [1.165, 1.54) is 18.2 Å². The van der Waals surface area contributed by atoms with E-state index in [1.807, 2.05) is 20.8 Å². The average Bonchev–Trinajstić information content (AvgIpc) is 2.49. The molecule has 130 valence electrons. The molecule has 1 aliphatic rings. The Morgan fingerprint density at radius 1 is 1.33 bits per heavy atom. The van der Waals surface area contributed by atoms with Crippen molar-refractivity contribution in [1.82, 2.24) is 4.90 Å². The van der Waals surface area contributed by atoms with Crippen LogP contribution >= 0.6 is 0 Å². The van der Waals surface area contributed by atoms with Gasteiger partial charge in [-0.3, -0.25) is 0 Å². The molecule has 1 amide bonds. The van der Waals surface area contributed by atoms with Gasteiger partial charge in [0.2, 0.25) is 6.08 Å². The fraction of sp³-hybridized carbons (Fsp3) is 0.529. The van der Waals surface area contributed by atoms with Gasteiger partial charge < -0.3 is 14.4 Å². The van der Waals surface area contributed by atoms with Crippen molar-refractivity contribution in [3.63, 3.8) is 0 Å². The molecule has 0 aromatic heterocycles. The highest BCUT2D eigenvalue weighted by Crippen LogP contribution is 2.30. The van der Waals surface area contributed by atoms with Crippen molar-refractivity contribution in [3.05, 3.63) is 24.0 Å². The summed E-state index contributed by atoms with van der Waals surface area (Å²) in [6.07, 6.45) is 2.13. The van der Waals surface area contributed by atoms with E-state index < -0.39 is 11.4 Å². The van der Waals surface area contributed by atoms with Gasteiger partial charge in [0.1, 0.15) is 29.0 Å². The van der Waals surface area contributed by atoms with E-state index in [-0.39, 0.29) is 17.9 Å². The van der Waals surface area contributed by atoms with Crippen molar-refractivity contribution in [2.45, 2.75) is 45.3 Å². The molecule has 1 aromatic rings. The number of benzene rings is 1. The van der Waals surface area contributed by atoms with Crippen LogP contribution in [-0.4, -0.2) is 41.9 Å². The minimum atomic E-state index is -0.528. The summed E-state index contributed by atoms with van der Waals surface area (Å²) in [7, 11) is 0. The highest BCUT2D eigenvalue weighted by Gasteiger charge is 2.28. The Hall–Kier alpha value is -2.40. The molecular formula is C17H21FN2O4. The molecule has 0 unspecified atom stereocenters. The maximum Gasteiger partial charge on any atom is 0.410 e. The zero-order chi connectivity index (χ0) is 17.7. The summed E-state index contributed by atoms with van der Waals surface area (Å²) in [5.41, 5.74) is -0.417. The number of hydrogen-bond acceptors (Lipinski definition) is 5. The van der Waals surface area contributed by atoms with E-state index in [1.54, 1.807) is 4.90 Å². The van der Waals surface area contributed by atoms with Gasteiger partial charge in [0.15, 0.2) is 0 Å². The van der Waals surface area contributed by atoms with Gasteiger partial charge in [-0.15, -0.1) is 0 Å². The molecule has 7 heteroatoms. The third-order valence-corrected chi connectivity index (χ3v) is 3.47. The Bertz CT molecular complexity index is 642. The molecule has 1 heterocycles. The number of piperidine rings is 1. The van der Waals surface area contributed by atoms with Crippen molar-refractivity contribution in [1.29, 1.82) is 0 Å². The lowest BCUT2D eigenvalue weighted by Crippen LogP contribution is -2.44. The molecule has 0 radical (unpaired) electrons. The number of hydrogen-bond donors (Lipinski definition) is 0. The third-order valence-electron chi connectivity index (χ3n) is 3.47. The van der Waals surface area contributed by atoms with Gasteiger partial charge in [0, 0.05) is 32.0 Å². The predicted octanol–water partition coefficient (Wildman–Crippen LogP) is 3.57. The zero-order valence-electron chi connectivity index (χ0n) is 14.0. The van der Waals surface area contributed by atoms with Crippen LogP contribution in [0.4, 0.5) is 14.9 Å². The maximum atomic E-state index is 13.2. The Labute approximate surface area is 140 Å². The largest absolute Gasteiger partial charge is 0.488 e. The number of carbonyl (C=O) groups is 1. The van der Waals surface area contributed by atoms with Gasteiger partial charge in [-0.25, -0.2) is 14.0 Å². The first kappa shape index (κ1) is 17.9. The SMILES string of the molecule is CC(C)(C)OC(=O)N1CCC(Oc2ccc(F)cc2N=C=O)CC1. The second kappa shape index (κ2) is 7.45. The smallest absolute Gasteiger partial charge is 0.410 e. The van der Waals surface area contributed by atoms with E-state index in [2.05, 4.69) is 4.99 Å². The molecule has 1 aliphatic heterocycles.